The number of fused-ring (bicyclic) bond motifs is 3. The largest absolute Gasteiger partial charge is 0.480 e. The van der Waals surface area contributed by atoms with Gasteiger partial charge in [0.2, 0.25) is 5.91 Å². The lowest BCUT2D eigenvalue weighted by Crippen LogP contribution is -2.41. The molecule has 0 radical (unpaired) electrons. The molecule has 1 atom stereocenters. The minimum atomic E-state index is -1.10. The maximum absolute atomic E-state index is 12.5. The van der Waals surface area contributed by atoms with Crippen molar-refractivity contribution in [3.63, 3.8) is 0 Å². The van der Waals surface area contributed by atoms with Crippen molar-refractivity contribution in [2.24, 2.45) is 0 Å². The van der Waals surface area contributed by atoms with Gasteiger partial charge in [0, 0.05) is 5.39 Å². The van der Waals surface area contributed by atoms with Gasteiger partial charge in [-0.25, -0.2) is 9.59 Å². The molecule has 0 aliphatic heterocycles. The van der Waals surface area contributed by atoms with Crippen molar-refractivity contribution in [1.29, 1.82) is 0 Å². The number of carboxylic acid groups (broad SMARTS) is 1. The third-order valence-corrected chi connectivity index (χ3v) is 5.02. The summed E-state index contributed by atoms with van der Waals surface area (Å²) in [5, 5.41) is 13.3. The van der Waals surface area contributed by atoms with Crippen LogP contribution in [-0.2, 0) is 16.0 Å². The number of amides is 1. The molecule has 0 saturated carbocycles. The molecule has 0 spiro atoms. The molecule has 0 aliphatic carbocycles. The van der Waals surface area contributed by atoms with Crippen LogP contribution in [0.5, 0.6) is 0 Å². The molecule has 1 amide bonds. The van der Waals surface area contributed by atoms with Crippen LogP contribution >= 0.6 is 0 Å². The van der Waals surface area contributed by atoms with E-state index in [4.69, 9.17) is 8.83 Å². The second kappa shape index (κ2) is 7.50. The molecular formula is C21H23NO6. The van der Waals surface area contributed by atoms with Gasteiger partial charge < -0.3 is 19.3 Å². The Balaban J connectivity index is 2.06. The van der Waals surface area contributed by atoms with Gasteiger partial charge in [0.05, 0.1) is 23.6 Å². The zero-order valence-electron chi connectivity index (χ0n) is 16.3. The van der Waals surface area contributed by atoms with Gasteiger partial charge in [0.1, 0.15) is 17.2 Å². The Bertz CT molecular complexity index is 1140. The van der Waals surface area contributed by atoms with Crippen molar-refractivity contribution in [3.8, 4) is 0 Å². The average Bonchev–Trinajstić information content (AvgIpc) is 3.00. The van der Waals surface area contributed by atoms with Gasteiger partial charge >= 0.3 is 11.6 Å². The monoisotopic (exact) mass is 385 g/mol. The maximum atomic E-state index is 12.5. The van der Waals surface area contributed by atoms with Gasteiger partial charge in [-0.3, -0.25) is 4.79 Å². The number of carbonyl (C=O) groups excluding carboxylic acids is 1. The van der Waals surface area contributed by atoms with E-state index in [2.05, 4.69) is 5.32 Å². The highest BCUT2D eigenvalue weighted by molar-refractivity contribution is 6.07. The molecule has 148 valence electrons. The second-order valence-electron chi connectivity index (χ2n) is 7.11. The zero-order valence-corrected chi connectivity index (χ0v) is 16.3. The third kappa shape index (κ3) is 3.40. The lowest BCUT2D eigenvalue weighted by molar-refractivity contribution is -0.141. The molecule has 2 heterocycles. The van der Waals surface area contributed by atoms with E-state index >= 15 is 0 Å². The molecule has 0 saturated heterocycles. The molecule has 7 nitrogen and oxygen atoms in total. The summed E-state index contributed by atoms with van der Waals surface area (Å²) in [6, 6.07) is 0.813. The zero-order chi connectivity index (χ0) is 20.6. The molecule has 0 bridgehead atoms. The number of benzene rings is 1. The summed E-state index contributed by atoms with van der Waals surface area (Å²) in [4.78, 5) is 36.1. The smallest absolute Gasteiger partial charge is 0.340 e. The molecule has 0 unspecified atom stereocenters. The number of aliphatic carboxylic acids is 1. The van der Waals surface area contributed by atoms with Gasteiger partial charge in [-0.1, -0.05) is 13.3 Å². The fraction of sp³-hybridized carbons (Fsp3) is 0.381. The van der Waals surface area contributed by atoms with E-state index in [1.54, 1.807) is 19.3 Å². The van der Waals surface area contributed by atoms with Gasteiger partial charge in [-0.15, -0.1) is 0 Å². The normalized spacial score (nSPS) is 12.4. The lowest BCUT2D eigenvalue weighted by Gasteiger charge is -2.14. The molecule has 3 rings (SSSR count). The summed E-state index contributed by atoms with van der Waals surface area (Å²) in [6.45, 7) is 7.44. The van der Waals surface area contributed by atoms with Crippen molar-refractivity contribution in [1.82, 2.24) is 5.32 Å². The van der Waals surface area contributed by atoms with Crippen molar-refractivity contribution in [2.45, 2.75) is 53.0 Å². The standard InChI is InChI=1S/C21H23NO6/c1-5-6-14(20(24)25)22-16(23)8-13-12(4)18-15(28-21(13)26)7-10(2)17-11(3)9-27-19(17)18/h7,9,14H,5-6,8H2,1-4H3,(H,22,23)(H,24,25)/t14-/m0/s1. The Morgan fingerprint density at radius 1 is 1.18 bits per heavy atom. The molecule has 0 aliphatic rings. The number of hydrogen-bond acceptors (Lipinski definition) is 5. The van der Waals surface area contributed by atoms with E-state index in [0.29, 0.717) is 35.0 Å². The molecule has 7 heteroatoms. The Kier molecular flexibility index (Phi) is 5.27. The van der Waals surface area contributed by atoms with E-state index < -0.39 is 23.5 Å². The molecule has 3 aromatic rings. The van der Waals surface area contributed by atoms with E-state index in [9.17, 15) is 19.5 Å². The van der Waals surface area contributed by atoms with Crippen LogP contribution in [0.3, 0.4) is 0 Å². The molecule has 0 fully saturated rings. The van der Waals surface area contributed by atoms with E-state index in [1.165, 1.54) is 0 Å². The van der Waals surface area contributed by atoms with Gasteiger partial charge in [0.15, 0.2) is 0 Å². The number of rotatable bonds is 6. The first kappa shape index (κ1) is 19.7. The highest BCUT2D eigenvalue weighted by atomic mass is 16.4. The first-order valence-corrected chi connectivity index (χ1v) is 9.20. The fourth-order valence-electron chi connectivity index (χ4n) is 3.63. The Labute approximate surface area is 161 Å². The van der Waals surface area contributed by atoms with Crippen molar-refractivity contribution in [3.05, 3.63) is 45.0 Å². The third-order valence-electron chi connectivity index (χ3n) is 5.02. The molecule has 1 aromatic carbocycles. The van der Waals surface area contributed by atoms with E-state index in [-0.39, 0.29) is 12.0 Å². The Morgan fingerprint density at radius 2 is 1.89 bits per heavy atom. The quantitative estimate of drug-likeness (QED) is 0.630. The van der Waals surface area contributed by atoms with Crippen LogP contribution in [0.25, 0.3) is 21.9 Å². The number of hydrogen-bond donors (Lipinski definition) is 2. The van der Waals surface area contributed by atoms with Crippen LogP contribution in [0.2, 0.25) is 0 Å². The van der Waals surface area contributed by atoms with Gasteiger partial charge in [-0.2, -0.15) is 0 Å². The van der Waals surface area contributed by atoms with Crippen LogP contribution in [0.15, 0.2) is 26.0 Å². The predicted molar refractivity (Wildman–Crippen MR) is 105 cm³/mol. The Morgan fingerprint density at radius 3 is 2.54 bits per heavy atom. The van der Waals surface area contributed by atoms with Gasteiger partial charge in [-0.05, 0) is 49.9 Å². The van der Waals surface area contributed by atoms with Crippen LogP contribution < -0.4 is 10.9 Å². The summed E-state index contributed by atoms with van der Waals surface area (Å²) in [5.74, 6) is -1.63. The summed E-state index contributed by atoms with van der Waals surface area (Å²) in [6.07, 6.45) is 2.32. The number of carbonyl (C=O) groups is 2. The van der Waals surface area contributed by atoms with E-state index in [0.717, 1.165) is 16.5 Å². The van der Waals surface area contributed by atoms with Gasteiger partial charge in [0.25, 0.3) is 0 Å². The number of nitrogens with one attached hydrogen (secondary N) is 1. The molecule has 2 N–H and O–H groups in total. The second-order valence-corrected chi connectivity index (χ2v) is 7.11. The molecular weight excluding hydrogens is 362 g/mol. The fourth-order valence-corrected chi connectivity index (χ4v) is 3.63. The number of carboxylic acids is 1. The van der Waals surface area contributed by atoms with Crippen LogP contribution in [0.1, 0.15) is 42.0 Å². The summed E-state index contributed by atoms with van der Waals surface area (Å²) >= 11 is 0. The van der Waals surface area contributed by atoms with Crippen molar-refractivity contribution < 1.29 is 23.5 Å². The average molecular weight is 385 g/mol. The number of aryl methyl sites for hydroxylation is 3. The minimum Gasteiger partial charge on any atom is -0.480 e. The molecule has 28 heavy (non-hydrogen) atoms. The lowest BCUT2D eigenvalue weighted by atomic mass is 9.98. The highest BCUT2D eigenvalue weighted by Gasteiger charge is 2.23. The first-order chi connectivity index (χ1) is 13.2. The summed E-state index contributed by atoms with van der Waals surface area (Å²) < 4.78 is 11.2. The molecule has 2 aromatic heterocycles. The topological polar surface area (TPSA) is 110 Å². The minimum absolute atomic E-state index is 0.199. The highest BCUT2D eigenvalue weighted by Crippen LogP contribution is 2.34. The first-order valence-electron chi connectivity index (χ1n) is 9.20. The van der Waals surface area contributed by atoms with E-state index in [1.807, 2.05) is 20.8 Å². The SMILES string of the molecule is CCC[C@H](NC(=O)Cc1c(C)c2c(cc(C)c3c(C)coc32)oc1=O)C(=O)O. The summed E-state index contributed by atoms with van der Waals surface area (Å²) in [7, 11) is 0. The van der Waals surface area contributed by atoms with Crippen LogP contribution in [0, 0.1) is 20.8 Å². The predicted octanol–water partition coefficient (Wildman–Crippen LogP) is 3.38. The van der Waals surface area contributed by atoms with Crippen LogP contribution in [-0.4, -0.2) is 23.0 Å². The van der Waals surface area contributed by atoms with Crippen molar-refractivity contribution >= 4 is 33.8 Å². The van der Waals surface area contributed by atoms with Crippen molar-refractivity contribution in [2.75, 3.05) is 0 Å². The van der Waals surface area contributed by atoms with Crippen LogP contribution in [0.4, 0.5) is 0 Å². The maximum Gasteiger partial charge on any atom is 0.340 e. The summed E-state index contributed by atoms with van der Waals surface area (Å²) in [5.41, 5.74) is 3.12. The number of furan rings is 1. The Hall–Kier alpha value is -3.09.